The van der Waals surface area contributed by atoms with Crippen LogP contribution < -0.4 is 4.74 Å². The first-order chi connectivity index (χ1) is 7.09. The van der Waals surface area contributed by atoms with Crippen LogP contribution in [0.4, 0.5) is 4.39 Å². The number of Topliss-reactive ketones (excluding diaryl/α,β-unsaturated/α-hetero) is 1. The Morgan fingerprint density at radius 2 is 2.20 bits per heavy atom. The van der Waals surface area contributed by atoms with Crippen LogP contribution in [0.3, 0.4) is 0 Å². The summed E-state index contributed by atoms with van der Waals surface area (Å²) in [5, 5.41) is 0. The van der Waals surface area contributed by atoms with Gasteiger partial charge in [-0.05, 0) is 44.0 Å². The van der Waals surface area contributed by atoms with Gasteiger partial charge in [0.1, 0.15) is 17.3 Å². The number of hydrogen-bond acceptors (Lipinski definition) is 2. The molecule has 1 aromatic carbocycles. The molecule has 0 spiro atoms. The summed E-state index contributed by atoms with van der Waals surface area (Å²) in [6.45, 7) is 3.85. The van der Waals surface area contributed by atoms with E-state index in [2.05, 4.69) is 0 Å². The number of carbonyl (C=O) groups is 1. The first-order valence-corrected chi connectivity index (χ1v) is 4.98. The van der Waals surface area contributed by atoms with Gasteiger partial charge in [-0.25, -0.2) is 4.39 Å². The topological polar surface area (TPSA) is 26.3 Å². The largest absolute Gasteiger partial charge is 0.493 e. The minimum absolute atomic E-state index is 0.162. The van der Waals surface area contributed by atoms with Gasteiger partial charge in [0, 0.05) is 6.42 Å². The molecule has 0 aliphatic carbocycles. The quantitative estimate of drug-likeness (QED) is 0.698. The molecule has 2 nitrogen and oxygen atoms in total. The van der Waals surface area contributed by atoms with Crippen LogP contribution in [0.15, 0.2) is 18.2 Å². The Morgan fingerprint density at radius 1 is 1.47 bits per heavy atom. The van der Waals surface area contributed by atoms with Crippen molar-refractivity contribution >= 4 is 5.78 Å². The summed E-state index contributed by atoms with van der Waals surface area (Å²) in [6, 6.07) is 4.41. The SMILES string of the molecule is CC(=O)CCCOc1ccc(F)cc1C. The van der Waals surface area contributed by atoms with E-state index in [4.69, 9.17) is 4.74 Å². The van der Waals surface area contributed by atoms with E-state index < -0.39 is 0 Å². The monoisotopic (exact) mass is 210 g/mol. The minimum Gasteiger partial charge on any atom is -0.493 e. The average molecular weight is 210 g/mol. The first-order valence-electron chi connectivity index (χ1n) is 4.98. The molecule has 0 radical (unpaired) electrons. The number of ether oxygens (including phenoxy) is 1. The Balaban J connectivity index is 2.40. The molecule has 0 fully saturated rings. The second-order valence-corrected chi connectivity index (χ2v) is 3.56. The van der Waals surface area contributed by atoms with Crippen molar-refractivity contribution in [2.75, 3.05) is 6.61 Å². The number of carbonyl (C=O) groups excluding carboxylic acids is 1. The van der Waals surface area contributed by atoms with Crippen molar-refractivity contribution < 1.29 is 13.9 Å². The lowest BCUT2D eigenvalue weighted by molar-refractivity contribution is -0.117. The molecule has 0 unspecified atom stereocenters. The molecule has 0 saturated carbocycles. The molecule has 0 aliphatic heterocycles. The Bertz CT molecular complexity index is 347. The lowest BCUT2D eigenvalue weighted by Gasteiger charge is -2.08. The van der Waals surface area contributed by atoms with Crippen LogP contribution in [0.2, 0.25) is 0 Å². The Hall–Kier alpha value is -1.38. The molecule has 0 aromatic heterocycles. The molecule has 0 bridgehead atoms. The van der Waals surface area contributed by atoms with Crippen LogP contribution in [0.5, 0.6) is 5.75 Å². The van der Waals surface area contributed by atoms with Gasteiger partial charge in [0.15, 0.2) is 0 Å². The Kier molecular flexibility index (Phi) is 4.28. The minimum atomic E-state index is -0.261. The second-order valence-electron chi connectivity index (χ2n) is 3.56. The molecule has 0 atom stereocenters. The molecule has 15 heavy (non-hydrogen) atoms. The fraction of sp³-hybridized carbons (Fsp3) is 0.417. The Morgan fingerprint density at radius 3 is 2.80 bits per heavy atom. The fourth-order valence-corrected chi connectivity index (χ4v) is 1.28. The molecule has 82 valence electrons. The summed E-state index contributed by atoms with van der Waals surface area (Å²) in [5.41, 5.74) is 0.776. The maximum absolute atomic E-state index is 12.7. The van der Waals surface area contributed by atoms with Gasteiger partial charge in [0.05, 0.1) is 6.61 Å². The van der Waals surface area contributed by atoms with Gasteiger partial charge in [0.2, 0.25) is 0 Å². The summed E-state index contributed by atoms with van der Waals surface area (Å²) in [6.07, 6.45) is 1.23. The normalized spacial score (nSPS) is 10.1. The number of aryl methyl sites for hydroxylation is 1. The zero-order valence-electron chi connectivity index (χ0n) is 9.05. The zero-order chi connectivity index (χ0) is 11.3. The van der Waals surface area contributed by atoms with Crippen molar-refractivity contribution in [1.82, 2.24) is 0 Å². The standard InChI is InChI=1S/C12H15FO2/c1-9-8-11(13)5-6-12(9)15-7-3-4-10(2)14/h5-6,8H,3-4,7H2,1-2H3. The molecule has 1 rings (SSSR count). The van der Waals surface area contributed by atoms with Crippen LogP contribution in [0.25, 0.3) is 0 Å². The maximum atomic E-state index is 12.7. The number of rotatable bonds is 5. The summed E-state index contributed by atoms with van der Waals surface area (Å²) in [7, 11) is 0. The lowest BCUT2D eigenvalue weighted by Crippen LogP contribution is -2.01. The van der Waals surface area contributed by atoms with Crippen molar-refractivity contribution in [1.29, 1.82) is 0 Å². The predicted molar refractivity (Wildman–Crippen MR) is 56.5 cm³/mol. The predicted octanol–water partition coefficient (Wildman–Crippen LogP) is 2.88. The molecule has 3 heteroatoms. The number of benzene rings is 1. The van der Waals surface area contributed by atoms with E-state index in [1.54, 1.807) is 19.9 Å². The smallest absolute Gasteiger partial charge is 0.129 e. The van der Waals surface area contributed by atoms with Crippen molar-refractivity contribution in [3.05, 3.63) is 29.6 Å². The van der Waals surface area contributed by atoms with Crippen molar-refractivity contribution in [3.63, 3.8) is 0 Å². The van der Waals surface area contributed by atoms with Crippen LogP contribution in [-0.2, 0) is 4.79 Å². The average Bonchev–Trinajstić information content (AvgIpc) is 2.14. The van der Waals surface area contributed by atoms with Crippen LogP contribution >= 0.6 is 0 Å². The summed E-state index contributed by atoms with van der Waals surface area (Å²) < 4.78 is 18.2. The molecule has 0 amide bonds. The third kappa shape index (κ3) is 4.11. The third-order valence-electron chi connectivity index (χ3n) is 2.07. The molecular weight excluding hydrogens is 195 g/mol. The highest BCUT2D eigenvalue weighted by Gasteiger charge is 2.01. The number of halogens is 1. The van der Waals surface area contributed by atoms with Crippen LogP contribution in [0.1, 0.15) is 25.3 Å². The molecule has 1 aromatic rings. The summed E-state index contributed by atoms with van der Waals surface area (Å²) in [4.78, 5) is 10.7. The number of hydrogen-bond donors (Lipinski definition) is 0. The van der Waals surface area contributed by atoms with Gasteiger partial charge in [-0.15, -0.1) is 0 Å². The Labute approximate surface area is 89.1 Å². The van der Waals surface area contributed by atoms with Crippen LogP contribution in [-0.4, -0.2) is 12.4 Å². The maximum Gasteiger partial charge on any atom is 0.129 e. The van der Waals surface area contributed by atoms with Crippen molar-refractivity contribution in [3.8, 4) is 5.75 Å². The lowest BCUT2D eigenvalue weighted by atomic mass is 10.2. The zero-order valence-corrected chi connectivity index (χ0v) is 9.05. The van der Waals surface area contributed by atoms with Gasteiger partial charge in [-0.1, -0.05) is 0 Å². The van der Waals surface area contributed by atoms with Crippen LogP contribution in [0, 0.1) is 12.7 Å². The highest BCUT2D eigenvalue weighted by atomic mass is 19.1. The van der Waals surface area contributed by atoms with E-state index in [1.165, 1.54) is 12.1 Å². The van der Waals surface area contributed by atoms with Crippen molar-refractivity contribution in [2.45, 2.75) is 26.7 Å². The van der Waals surface area contributed by atoms with Gasteiger partial charge in [0.25, 0.3) is 0 Å². The van der Waals surface area contributed by atoms with E-state index in [0.717, 1.165) is 5.56 Å². The van der Waals surface area contributed by atoms with E-state index in [1.807, 2.05) is 0 Å². The van der Waals surface area contributed by atoms with Gasteiger partial charge in [-0.3, -0.25) is 0 Å². The highest BCUT2D eigenvalue weighted by molar-refractivity contribution is 5.75. The fourth-order valence-electron chi connectivity index (χ4n) is 1.28. The molecule has 0 heterocycles. The van der Waals surface area contributed by atoms with E-state index in [9.17, 15) is 9.18 Å². The molecular formula is C12H15FO2. The van der Waals surface area contributed by atoms with E-state index >= 15 is 0 Å². The van der Waals surface area contributed by atoms with E-state index in [0.29, 0.717) is 25.2 Å². The van der Waals surface area contributed by atoms with Gasteiger partial charge >= 0.3 is 0 Å². The third-order valence-corrected chi connectivity index (χ3v) is 2.07. The van der Waals surface area contributed by atoms with Gasteiger partial charge in [-0.2, -0.15) is 0 Å². The molecule has 0 N–H and O–H groups in total. The van der Waals surface area contributed by atoms with Crippen molar-refractivity contribution in [2.24, 2.45) is 0 Å². The molecule has 0 aliphatic rings. The summed E-state index contributed by atoms with van der Waals surface area (Å²) >= 11 is 0. The van der Waals surface area contributed by atoms with E-state index in [-0.39, 0.29) is 11.6 Å². The number of ketones is 1. The second kappa shape index (κ2) is 5.49. The summed E-state index contributed by atoms with van der Waals surface area (Å²) in [5.74, 6) is 0.581. The van der Waals surface area contributed by atoms with Gasteiger partial charge < -0.3 is 9.53 Å². The first kappa shape index (κ1) is 11.7. The highest BCUT2D eigenvalue weighted by Crippen LogP contribution is 2.18. The molecule has 0 saturated heterocycles.